The highest BCUT2D eigenvalue weighted by Crippen LogP contribution is 2.19. The van der Waals surface area contributed by atoms with Gasteiger partial charge in [0.1, 0.15) is 0 Å². The van der Waals surface area contributed by atoms with E-state index in [9.17, 15) is 13.2 Å². The highest BCUT2D eigenvalue weighted by atomic mass is 32.2. The summed E-state index contributed by atoms with van der Waals surface area (Å²) in [7, 11) is -4.04. The molecule has 0 saturated carbocycles. The largest absolute Gasteiger partial charge is 0.478 e. The van der Waals surface area contributed by atoms with Gasteiger partial charge in [0.2, 0.25) is 16.4 Å². The van der Waals surface area contributed by atoms with E-state index in [0.717, 1.165) is 18.5 Å². The van der Waals surface area contributed by atoms with Crippen LogP contribution in [0.4, 0.5) is 5.69 Å². The first-order valence-corrected chi connectivity index (χ1v) is 6.76. The lowest BCUT2D eigenvalue weighted by molar-refractivity contribution is 0.0692. The lowest BCUT2D eigenvalue weighted by atomic mass is 10.2. The smallest absolute Gasteiger partial charge is 0.337 e. The molecule has 4 N–H and O–H groups in total. The summed E-state index contributed by atoms with van der Waals surface area (Å²) in [6.45, 7) is -0.220. The Morgan fingerprint density at radius 2 is 2.20 bits per heavy atom. The van der Waals surface area contributed by atoms with Crippen molar-refractivity contribution in [2.24, 2.45) is 0 Å². The molecule has 2 rings (SSSR count). The number of aromatic nitrogens is 2. The average molecular weight is 298 g/mol. The highest BCUT2D eigenvalue weighted by molar-refractivity contribution is 7.89. The van der Waals surface area contributed by atoms with Gasteiger partial charge in [-0.25, -0.2) is 17.9 Å². The van der Waals surface area contributed by atoms with Crippen LogP contribution in [0.1, 0.15) is 16.2 Å². The molecule has 20 heavy (non-hydrogen) atoms. The van der Waals surface area contributed by atoms with E-state index < -0.39 is 21.6 Å². The van der Waals surface area contributed by atoms with Crippen LogP contribution in [0.15, 0.2) is 34.0 Å². The van der Waals surface area contributed by atoms with E-state index in [-0.39, 0.29) is 23.0 Å². The van der Waals surface area contributed by atoms with Gasteiger partial charge < -0.3 is 15.4 Å². The molecule has 0 fully saturated rings. The lowest BCUT2D eigenvalue weighted by Crippen LogP contribution is -2.25. The zero-order chi connectivity index (χ0) is 14.8. The van der Waals surface area contributed by atoms with Crippen LogP contribution in [0, 0.1) is 0 Å². The fourth-order valence-corrected chi connectivity index (χ4v) is 2.61. The van der Waals surface area contributed by atoms with Crippen LogP contribution in [0.3, 0.4) is 0 Å². The second-order valence-electron chi connectivity index (χ2n) is 3.73. The third kappa shape index (κ3) is 2.92. The SMILES string of the molecule is Nc1ccc(S(=O)(=O)NCc2ncon2)c(C(=O)O)c1. The first-order chi connectivity index (χ1) is 9.40. The number of carbonyl (C=O) groups is 1. The van der Waals surface area contributed by atoms with Crippen LogP contribution in [0.25, 0.3) is 0 Å². The van der Waals surface area contributed by atoms with Crippen LogP contribution in [0.2, 0.25) is 0 Å². The molecule has 0 bridgehead atoms. The molecule has 0 radical (unpaired) electrons. The number of nitrogens with zero attached hydrogens (tertiary/aromatic N) is 2. The average Bonchev–Trinajstić information content (AvgIpc) is 2.89. The predicted molar refractivity (Wildman–Crippen MR) is 66.1 cm³/mol. The third-order valence-corrected chi connectivity index (χ3v) is 3.81. The zero-order valence-electron chi connectivity index (χ0n) is 9.98. The Hall–Kier alpha value is -2.46. The summed E-state index contributed by atoms with van der Waals surface area (Å²) in [5, 5.41) is 12.5. The van der Waals surface area contributed by atoms with E-state index in [1.807, 2.05) is 0 Å². The van der Waals surface area contributed by atoms with Crippen molar-refractivity contribution >= 4 is 21.7 Å². The number of aromatic carboxylic acids is 1. The zero-order valence-corrected chi connectivity index (χ0v) is 10.8. The maximum atomic E-state index is 12.1. The van der Waals surface area contributed by atoms with Crippen molar-refractivity contribution in [3.63, 3.8) is 0 Å². The molecular weight excluding hydrogens is 288 g/mol. The minimum atomic E-state index is -4.04. The molecule has 1 heterocycles. The van der Waals surface area contributed by atoms with Crippen LogP contribution >= 0.6 is 0 Å². The van der Waals surface area contributed by atoms with Gasteiger partial charge in [-0.2, -0.15) is 4.98 Å². The molecule has 10 heteroatoms. The molecule has 1 aromatic carbocycles. The number of carboxylic acids is 1. The van der Waals surface area contributed by atoms with Gasteiger partial charge in [-0.15, -0.1) is 0 Å². The first kappa shape index (κ1) is 14.0. The van der Waals surface area contributed by atoms with E-state index >= 15 is 0 Å². The summed E-state index contributed by atoms with van der Waals surface area (Å²) in [4.78, 5) is 14.3. The van der Waals surface area contributed by atoms with E-state index in [1.165, 1.54) is 6.07 Å². The number of sulfonamides is 1. The van der Waals surface area contributed by atoms with Crippen molar-refractivity contribution < 1.29 is 22.8 Å². The molecule has 9 nitrogen and oxygen atoms in total. The Kier molecular flexibility index (Phi) is 3.68. The van der Waals surface area contributed by atoms with Crippen molar-refractivity contribution in [1.29, 1.82) is 0 Å². The van der Waals surface area contributed by atoms with Gasteiger partial charge in [-0.3, -0.25) is 0 Å². The summed E-state index contributed by atoms with van der Waals surface area (Å²) in [5.74, 6) is -1.27. The highest BCUT2D eigenvalue weighted by Gasteiger charge is 2.22. The number of nitrogens with one attached hydrogen (secondary N) is 1. The Balaban J connectivity index is 2.31. The molecule has 0 aliphatic rings. The van der Waals surface area contributed by atoms with Crippen LogP contribution < -0.4 is 10.5 Å². The molecule has 106 valence electrons. The molecular formula is C10H10N4O5S. The number of hydrogen-bond donors (Lipinski definition) is 3. The Morgan fingerprint density at radius 3 is 2.80 bits per heavy atom. The number of nitrogen functional groups attached to an aromatic ring is 1. The predicted octanol–water partition coefficient (Wildman–Crippen LogP) is -0.172. The molecule has 0 amide bonds. The molecule has 0 aliphatic carbocycles. The van der Waals surface area contributed by atoms with Crippen molar-refractivity contribution in [1.82, 2.24) is 14.9 Å². The number of nitrogens with two attached hydrogens (primary N) is 1. The summed E-state index contributed by atoms with van der Waals surface area (Å²) in [6, 6.07) is 3.50. The van der Waals surface area contributed by atoms with Gasteiger partial charge in [0.05, 0.1) is 17.0 Å². The lowest BCUT2D eigenvalue weighted by Gasteiger charge is -2.08. The minimum Gasteiger partial charge on any atom is -0.478 e. The van der Waals surface area contributed by atoms with Gasteiger partial charge in [0.15, 0.2) is 5.82 Å². The van der Waals surface area contributed by atoms with Crippen molar-refractivity contribution in [3.05, 3.63) is 36.0 Å². The van der Waals surface area contributed by atoms with Crippen molar-refractivity contribution in [2.45, 2.75) is 11.4 Å². The molecule has 0 atom stereocenters. The molecule has 0 spiro atoms. The van der Waals surface area contributed by atoms with Gasteiger partial charge in [0, 0.05) is 5.69 Å². The van der Waals surface area contributed by atoms with Gasteiger partial charge in [-0.1, -0.05) is 5.16 Å². The quantitative estimate of drug-likeness (QED) is 0.644. The maximum absolute atomic E-state index is 12.1. The summed E-state index contributed by atoms with van der Waals surface area (Å²) >= 11 is 0. The van der Waals surface area contributed by atoms with Crippen LogP contribution in [0.5, 0.6) is 0 Å². The van der Waals surface area contributed by atoms with Crippen molar-refractivity contribution in [3.8, 4) is 0 Å². The monoisotopic (exact) mass is 298 g/mol. The number of carboxylic acid groups (broad SMARTS) is 1. The molecule has 0 saturated heterocycles. The van der Waals surface area contributed by atoms with Crippen LogP contribution in [-0.2, 0) is 16.6 Å². The van der Waals surface area contributed by atoms with Gasteiger partial charge >= 0.3 is 5.97 Å². The number of rotatable bonds is 5. The van der Waals surface area contributed by atoms with Gasteiger partial charge in [-0.05, 0) is 18.2 Å². The maximum Gasteiger partial charge on any atom is 0.337 e. The Morgan fingerprint density at radius 1 is 1.45 bits per heavy atom. The molecule has 0 unspecified atom stereocenters. The van der Waals surface area contributed by atoms with E-state index in [1.54, 1.807) is 0 Å². The van der Waals surface area contributed by atoms with Crippen molar-refractivity contribution in [2.75, 3.05) is 5.73 Å². The van der Waals surface area contributed by atoms with Gasteiger partial charge in [0.25, 0.3) is 0 Å². The fraction of sp³-hybridized carbons (Fsp3) is 0.100. The number of hydrogen-bond acceptors (Lipinski definition) is 7. The normalized spacial score (nSPS) is 11.4. The molecule has 0 aliphatic heterocycles. The summed E-state index contributed by atoms with van der Waals surface area (Å²) in [5.41, 5.74) is 5.19. The summed E-state index contributed by atoms with van der Waals surface area (Å²) < 4.78 is 30.8. The topological polar surface area (TPSA) is 148 Å². The number of benzene rings is 1. The standard InChI is InChI=1S/C10H10N4O5S/c11-6-1-2-8(7(3-6)10(15)16)20(17,18)13-4-9-12-5-19-14-9/h1-3,5,13H,4,11H2,(H,15,16). The minimum absolute atomic E-state index is 0.126. The first-order valence-electron chi connectivity index (χ1n) is 5.28. The third-order valence-electron chi connectivity index (χ3n) is 2.35. The summed E-state index contributed by atoms with van der Waals surface area (Å²) in [6.07, 6.45) is 1.05. The molecule has 2 aromatic rings. The van der Waals surface area contributed by atoms with E-state index in [0.29, 0.717) is 0 Å². The Bertz CT molecular complexity index is 726. The second kappa shape index (κ2) is 5.27. The van der Waals surface area contributed by atoms with Crippen LogP contribution in [-0.4, -0.2) is 29.6 Å². The second-order valence-corrected chi connectivity index (χ2v) is 5.47. The Labute approximate surface area is 113 Å². The van der Waals surface area contributed by atoms with E-state index in [2.05, 4.69) is 19.4 Å². The van der Waals surface area contributed by atoms with E-state index in [4.69, 9.17) is 10.8 Å². The molecule has 1 aromatic heterocycles. The fourth-order valence-electron chi connectivity index (χ4n) is 1.46. The number of anilines is 1.